The lowest BCUT2D eigenvalue weighted by atomic mass is 9.98. The third-order valence-electron chi connectivity index (χ3n) is 4.91. The molecule has 1 fully saturated rings. The topological polar surface area (TPSA) is 74.8 Å². The molecule has 6 nitrogen and oxygen atoms in total. The molecule has 2 unspecified atom stereocenters. The van der Waals surface area contributed by atoms with Crippen LogP contribution in [0.4, 0.5) is 0 Å². The van der Waals surface area contributed by atoms with E-state index >= 15 is 0 Å². The predicted molar refractivity (Wildman–Crippen MR) is 99.5 cm³/mol. The average molecular weight is 355 g/mol. The van der Waals surface area contributed by atoms with Gasteiger partial charge in [0.05, 0.1) is 5.75 Å². The number of H-pyrrole nitrogens is 1. The predicted octanol–water partition coefficient (Wildman–Crippen LogP) is 3.39. The standard InChI is InChI=1S/C18H21N5OS/c1-11-6-5-7-12(2)23(11)15(24)10-25-18-20-17-16(21-22-18)13-8-3-4-9-14(13)19-17/h3-4,8-9,11-12H,5-7,10H2,1-2H3,(H,19,20,22). The summed E-state index contributed by atoms with van der Waals surface area (Å²) in [5.74, 6) is 0.507. The lowest BCUT2D eigenvalue weighted by Gasteiger charge is -2.39. The van der Waals surface area contributed by atoms with Crippen LogP contribution in [-0.2, 0) is 4.79 Å². The summed E-state index contributed by atoms with van der Waals surface area (Å²) in [6, 6.07) is 8.56. The minimum atomic E-state index is 0.157. The molecule has 2 atom stereocenters. The molecular weight excluding hydrogens is 334 g/mol. The van der Waals surface area contributed by atoms with Gasteiger partial charge in [-0.2, -0.15) is 0 Å². The van der Waals surface area contributed by atoms with Gasteiger partial charge in [-0.25, -0.2) is 4.98 Å². The first-order valence-corrected chi connectivity index (χ1v) is 9.67. The molecule has 3 heterocycles. The zero-order chi connectivity index (χ0) is 17.4. The Labute approximate surface area is 150 Å². The molecule has 1 aliphatic heterocycles. The largest absolute Gasteiger partial charge is 0.338 e. The lowest BCUT2D eigenvalue weighted by Crippen LogP contribution is -2.48. The summed E-state index contributed by atoms with van der Waals surface area (Å²) >= 11 is 1.36. The number of hydrogen-bond acceptors (Lipinski definition) is 5. The number of carbonyl (C=O) groups excluding carboxylic acids is 1. The summed E-state index contributed by atoms with van der Waals surface area (Å²) in [4.78, 5) is 22.4. The molecule has 0 bridgehead atoms. The number of nitrogens with zero attached hydrogens (tertiary/aromatic N) is 4. The lowest BCUT2D eigenvalue weighted by molar-refractivity contribution is -0.134. The van der Waals surface area contributed by atoms with Gasteiger partial charge in [0.1, 0.15) is 5.52 Å². The number of para-hydroxylation sites is 1. The molecule has 2 aromatic heterocycles. The fourth-order valence-electron chi connectivity index (χ4n) is 3.68. The monoisotopic (exact) mass is 355 g/mol. The van der Waals surface area contributed by atoms with E-state index in [-0.39, 0.29) is 5.91 Å². The first kappa shape index (κ1) is 16.3. The minimum Gasteiger partial charge on any atom is -0.338 e. The van der Waals surface area contributed by atoms with E-state index in [1.807, 2.05) is 29.2 Å². The summed E-state index contributed by atoms with van der Waals surface area (Å²) in [6.07, 6.45) is 3.36. The number of carbonyl (C=O) groups is 1. The first-order chi connectivity index (χ1) is 12.1. The van der Waals surface area contributed by atoms with E-state index in [1.165, 1.54) is 18.2 Å². The Morgan fingerprint density at radius 3 is 2.80 bits per heavy atom. The van der Waals surface area contributed by atoms with Gasteiger partial charge in [0.15, 0.2) is 5.65 Å². The van der Waals surface area contributed by atoms with Gasteiger partial charge >= 0.3 is 0 Å². The van der Waals surface area contributed by atoms with Crippen molar-refractivity contribution in [3.63, 3.8) is 0 Å². The van der Waals surface area contributed by atoms with Gasteiger partial charge in [0, 0.05) is 23.0 Å². The second-order valence-electron chi connectivity index (χ2n) is 6.68. The van der Waals surface area contributed by atoms with Gasteiger partial charge < -0.3 is 9.88 Å². The number of rotatable bonds is 3. The highest BCUT2D eigenvalue weighted by Gasteiger charge is 2.28. The number of fused-ring (bicyclic) bond motifs is 3. The number of hydrogen-bond donors (Lipinski definition) is 1. The summed E-state index contributed by atoms with van der Waals surface area (Å²) in [7, 11) is 0. The Morgan fingerprint density at radius 2 is 2.00 bits per heavy atom. The van der Waals surface area contributed by atoms with Gasteiger partial charge in [-0.1, -0.05) is 30.0 Å². The van der Waals surface area contributed by atoms with Crippen molar-refractivity contribution in [3.8, 4) is 0 Å². The third-order valence-corrected chi connectivity index (χ3v) is 5.73. The first-order valence-electron chi connectivity index (χ1n) is 8.68. The molecule has 3 aromatic rings. The Hall–Kier alpha value is -2.15. The quantitative estimate of drug-likeness (QED) is 0.729. The van der Waals surface area contributed by atoms with E-state index in [0.29, 0.717) is 28.6 Å². The van der Waals surface area contributed by atoms with Crippen molar-refractivity contribution in [2.24, 2.45) is 0 Å². The maximum absolute atomic E-state index is 12.6. The van der Waals surface area contributed by atoms with Gasteiger partial charge in [-0.05, 0) is 39.2 Å². The smallest absolute Gasteiger partial charge is 0.233 e. The summed E-state index contributed by atoms with van der Waals surface area (Å²) < 4.78 is 0. The van der Waals surface area contributed by atoms with Gasteiger partial charge in [-0.3, -0.25) is 4.79 Å². The van der Waals surface area contributed by atoms with Crippen LogP contribution in [-0.4, -0.2) is 48.8 Å². The molecule has 1 aliphatic rings. The SMILES string of the molecule is CC1CCCC(C)N1C(=O)CSc1nnc2c(n1)[nH]c1ccccc12. The highest BCUT2D eigenvalue weighted by Crippen LogP contribution is 2.26. The highest BCUT2D eigenvalue weighted by molar-refractivity contribution is 7.99. The molecular formula is C18H21N5OS. The number of piperidine rings is 1. The van der Waals surface area contributed by atoms with Crippen LogP contribution in [0.15, 0.2) is 29.4 Å². The van der Waals surface area contributed by atoms with Crippen molar-refractivity contribution in [1.82, 2.24) is 25.1 Å². The second kappa shape index (κ2) is 6.63. The number of likely N-dealkylation sites (tertiary alicyclic amines) is 1. The fraction of sp³-hybridized carbons (Fsp3) is 0.444. The molecule has 25 heavy (non-hydrogen) atoms. The number of thioether (sulfide) groups is 1. The van der Waals surface area contributed by atoms with Gasteiger partial charge in [0.25, 0.3) is 0 Å². The van der Waals surface area contributed by atoms with E-state index in [1.54, 1.807) is 0 Å². The molecule has 1 aromatic carbocycles. The van der Waals surface area contributed by atoms with Crippen molar-refractivity contribution >= 4 is 39.7 Å². The number of aromatic nitrogens is 4. The van der Waals surface area contributed by atoms with Crippen molar-refractivity contribution in [1.29, 1.82) is 0 Å². The van der Waals surface area contributed by atoms with Crippen LogP contribution >= 0.6 is 11.8 Å². The average Bonchev–Trinajstić information content (AvgIpc) is 2.97. The molecule has 0 saturated carbocycles. The van der Waals surface area contributed by atoms with Crippen LogP contribution < -0.4 is 0 Å². The minimum absolute atomic E-state index is 0.157. The molecule has 7 heteroatoms. The Balaban J connectivity index is 1.51. The molecule has 0 aliphatic carbocycles. The van der Waals surface area contributed by atoms with E-state index in [2.05, 4.69) is 34.0 Å². The number of benzene rings is 1. The summed E-state index contributed by atoms with van der Waals surface area (Å²) in [5.41, 5.74) is 2.48. The number of amides is 1. The maximum atomic E-state index is 12.6. The van der Waals surface area contributed by atoms with E-state index in [4.69, 9.17) is 0 Å². The number of aromatic amines is 1. The van der Waals surface area contributed by atoms with E-state index in [0.717, 1.165) is 29.3 Å². The van der Waals surface area contributed by atoms with Gasteiger partial charge in [0.2, 0.25) is 11.1 Å². The molecule has 0 radical (unpaired) electrons. The van der Waals surface area contributed by atoms with Crippen molar-refractivity contribution in [2.45, 2.75) is 50.4 Å². The second-order valence-corrected chi connectivity index (χ2v) is 7.62. The molecule has 1 saturated heterocycles. The zero-order valence-corrected chi connectivity index (χ0v) is 15.2. The molecule has 1 N–H and O–H groups in total. The third kappa shape index (κ3) is 3.08. The maximum Gasteiger partial charge on any atom is 0.233 e. The van der Waals surface area contributed by atoms with Crippen molar-refractivity contribution < 1.29 is 4.79 Å². The Bertz CT molecular complexity index is 914. The Morgan fingerprint density at radius 1 is 1.24 bits per heavy atom. The molecule has 0 spiro atoms. The Kier molecular flexibility index (Phi) is 4.33. The normalized spacial score (nSPS) is 21.1. The highest BCUT2D eigenvalue weighted by atomic mass is 32.2. The van der Waals surface area contributed by atoms with Crippen molar-refractivity contribution in [2.75, 3.05) is 5.75 Å². The molecule has 130 valence electrons. The van der Waals surface area contributed by atoms with E-state index in [9.17, 15) is 4.79 Å². The van der Waals surface area contributed by atoms with Crippen LogP contribution in [0.5, 0.6) is 0 Å². The van der Waals surface area contributed by atoms with Crippen LogP contribution in [0, 0.1) is 0 Å². The fourth-order valence-corrected chi connectivity index (χ4v) is 4.34. The molecule has 4 rings (SSSR count). The molecule has 1 amide bonds. The zero-order valence-electron chi connectivity index (χ0n) is 14.4. The van der Waals surface area contributed by atoms with Crippen LogP contribution in [0.2, 0.25) is 0 Å². The van der Waals surface area contributed by atoms with Crippen LogP contribution in [0.1, 0.15) is 33.1 Å². The van der Waals surface area contributed by atoms with Crippen LogP contribution in [0.3, 0.4) is 0 Å². The van der Waals surface area contributed by atoms with Gasteiger partial charge in [-0.15, -0.1) is 10.2 Å². The number of nitrogens with one attached hydrogen (secondary N) is 1. The summed E-state index contributed by atoms with van der Waals surface area (Å²) in [6.45, 7) is 4.26. The van der Waals surface area contributed by atoms with E-state index < -0.39 is 0 Å². The van der Waals surface area contributed by atoms with Crippen LogP contribution in [0.25, 0.3) is 22.1 Å². The summed E-state index contributed by atoms with van der Waals surface area (Å²) in [5, 5.41) is 10.0. The van der Waals surface area contributed by atoms with Crippen molar-refractivity contribution in [3.05, 3.63) is 24.3 Å².